The Hall–Kier alpha value is -1.79. The largest absolute Gasteiger partial charge is 0.493 e. The van der Waals surface area contributed by atoms with Gasteiger partial charge in [0.1, 0.15) is 0 Å². The predicted molar refractivity (Wildman–Crippen MR) is 83.1 cm³/mol. The zero-order chi connectivity index (χ0) is 15.9. The summed E-state index contributed by atoms with van der Waals surface area (Å²) in [4.78, 5) is 13.2. The number of nitrogens with zero attached hydrogens (tertiary/aromatic N) is 1. The van der Waals surface area contributed by atoms with Crippen molar-refractivity contribution in [2.45, 2.75) is 25.5 Å². The molecule has 1 unspecified atom stereocenters. The van der Waals surface area contributed by atoms with E-state index in [0.717, 1.165) is 18.5 Å². The normalized spacial score (nSPS) is 16.0. The Kier molecular flexibility index (Phi) is 6.03. The van der Waals surface area contributed by atoms with Crippen LogP contribution in [0.4, 0.5) is 0 Å². The molecule has 1 aromatic rings. The molecule has 0 bridgehead atoms. The standard InChI is InChI=1S/C16H24N2O4/c1-21-14-6-5-12(8-15(14)22-2)9-17-10-13(19)11-18-7-3-4-16(18)20/h5-6,8,13,17,19H,3-4,7,9-11H2,1-2H3. The third-order valence-corrected chi connectivity index (χ3v) is 3.76. The van der Waals surface area contributed by atoms with E-state index >= 15 is 0 Å². The van der Waals surface area contributed by atoms with Gasteiger partial charge in [0, 0.05) is 32.6 Å². The molecule has 0 radical (unpaired) electrons. The Morgan fingerprint density at radius 3 is 2.73 bits per heavy atom. The van der Waals surface area contributed by atoms with Crippen molar-refractivity contribution >= 4 is 5.91 Å². The summed E-state index contributed by atoms with van der Waals surface area (Å²) in [5.74, 6) is 1.52. The van der Waals surface area contributed by atoms with Crippen LogP contribution in [0.15, 0.2) is 18.2 Å². The molecule has 6 nitrogen and oxygen atoms in total. The number of aliphatic hydroxyl groups is 1. The van der Waals surface area contributed by atoms with Gasteiger partial charge in [-0.2, -0.15) is 0 Å². The highest BCUT2D eigenvalue weighted by molar-refractivity contribution is 5.78. The Morgan fingerprint density at radius 1 is 1.32 bits per heavy atom. The van der Waals surface area contributed by atoms with E-state index in [1.54, 1.807) is 19.1 Å². The highest BCUT2D eigenvalue weighted by Gasteiger charge is 2.22. The average molecular weight is 308 g/mol. The Bertz CT molecular complexity index is 507. The molecule has 1 aliphatic rings. The summed E-state index contributed by atoms with van der Waals surface area (Å²) in [7, 11) is 3.21. The van der Waals surface area contributed by atoms with E-state index in [1.807, 2.05) is 18.2 Å². The van der Waals surface area contributed by atoms with Crippen molar-refractivity contribution < 1.29 is 19.4 Å². The van der Waals surface area contributed by atoms with Gasteiger partial charge in [0.2, 0.25) is 5.91 Å². The van der Waals surface area contributed by atoms with E-state index in [4.69, 9.17) is 9.47 Å². The first kappa shape index (κ1) is 16.6. The second-order valence-corrected chi connectivity index (χ2v) is 5.42. The van der Waals surface area contributed by atoms with Gasteiger partial charge in [0.05, 0.1) is 20.3 Å². The summed E-state index contributed by atoms with van der Waals surface area (Å²) >= 11 is 0. The van der Waals surface area contributed by atoms with Crippen LogP contribution in [0.25, 0.3) is 0 Å². The fraction of sp³-hybridized carbons (Fsp3) is 0.562. The van der Waals surface area contributed by atoms with Gasteiger partial charge < -0.3 is 24.8 Å². The number of rotatable bonds is 8. The van der Waals surface area contributed by atoms with E-state index in [0.29, 0.717) is 37.6 Å². The molecule has 0 spiro atoms. The third kappa shape index (κ3) is 4.35. The Balaban J connectivity index is 1.77. The molecule has 0 aliphatic carbocycles. The smallest absolute Gasteiger partial charge is 0.222 e. The number of nitrogens with one attached hydrogen (secondary N) is 1. The lowest BCUT2D eigenvalue weighted by molar-refractivity contribution is -0.128. The van der Waals surface area contributed by atoms with Crippen LogP contribution < -0.4 is 14.8 Å². The molecule has 1 atom stereocenters. The molecule has 0 saturated carbocycles. The van der Waals surface area contributed by atoms with Crippen molar-refractivity contribution in [3.05, 3.63) is 23.8 Å². The number of β-amino-alcohol motifs (C(OH)–C–C–N with tert-alkyl or cyclic N) is 1. The molecule has 6 heteroatoms. The number of carbonyl (C=O) groups is 1. The number of amides is 1. The SMILES string of the molecule is COc1ccc(CNCC(O)CN2CCCC2=O)cc1OC. The molecule has 22 heavy (non-hydrogen) atoms. The van der Waals surface area contributed by atoms with Crippen LogP contribution in [-0.2, 0) is 11.3 Å². The van der Waals surface area contributed by atoms with Gasteiger partial charge in [-0.3, -0.25) is 4.79 Å². The maximum atomic E-state index is 11.5. The summed E-state index contributed by atoms with van der Waals surface area (Å²) in [6, 6.07) is 5.71. The van der Waals surface area contributed by atoms with Gasteiger partial charge in [-0.1, -0.05) is 6.07 Å². The van der Waals surface area contributed by atoms with E-state index in [1.165, 1.54) is 0 Å². The molecule has 1 amide bonds. The van der Waals surface area contributed by atoms with Crippen molar-refractivity contribution in [3.8, 4) is 11.5 Å². The number of hydrogen-bond donors (Lipinski definition) is 2. The molecule has 0 aromatic heterocycles. The van der Waals surface area contributed by atoms with Crippen LogP contribution in [0.5, 0.6) is 11.5 Å². The van der Waals surface area contributed by atoms with E-state index in [2.05, 4.69) is 5.32 Å². The number of aliphatic hydroxyl groups excluding tert-OH is 1. The monoisotopic (exact) mass is 308 g/mol. The minimum Gasteiger partial charge on any atom is -0.493 e. The molecule has 2 rings (SSSR count). The molecule has 1 heterocycles. The number of ether oxygens (including phenoxy) is 2. The van der Waals surface area contributed by atoms with Gasteiger partial charge in [0.15, 0.2) is 11.5 Å². The zero-order valence-electron chi connectivity index (χ0n) is 13.2. The molecule has 1 aromatic carbocycles. The lowest BCUT2D eigenvalue weighted by Crippen LogP contribution is -2.38. The number of carbonyl (C=O) groups excluding carboxylic acids is 1. The summed E-state index contributed by atoms with van der Waals surface area (Å²) in [6.45, 7) is 2.22. The maximum Gasteiger partial charge on any atom is 0.222 e. The Morgan fingerprint density at radius 2 is 2.09 bits per heavy atom. The minimum atomic E-state index is -0.554. The first-order valence-corrected chi connectivity index (χ1v) is 7.51. The fourth-order valence-corrected chi connectivity index (χ4v) is 2.59. The van der Waals surface area contributed by atoms with Gasteiger partial charge in [0.25, 0.3) is 0 Å². The van der Waals surface area contributed by atoms with Crippen molar-refractivity contribution in [2.24, 2.45) is 0 Å². The van der Waals surface area contributed by atoms with Gasteiger partial charge in [-0.15, -0.1) is 0 Å². The number of benzene rings is 1. The van der Waals surface area contributed by atoms with E-state index < -0.39 is 6.10 Å². The number of methoxy groups -OCH3 is 2. The summed E-state index contributed by atoms with van der Waals surface area (Å²) < 4.78 is 10.5. The highest BCUT2D eigenvalue weighted by atomic mass is 16.5. The average Bonchev–Trinajstić information content (AvgIpc) is 2.92. The van der Waals surface area contributed by atoms with Gasteiger partial charge in [-0.25, -0.2) is 0 Å². The molecule has 1 fully saturated rings. The second-order valence-electron chi connectivity index (χ2n) is 5.42. The summed E-state index contributed by atoms with van der Waals surface area (Å²) in [6.07, 6.45) is 0.943. The molecular weight excluding hydrogens is 284 g/mol. The van der Waals surface area contributed by atoms with E-state index in [9.17, 15) is 9.90 Å². The van der Waals surface area contributed by atoms with Crippen LogP contribution in [0, 0.1) is 0 Å². The lowest BCUT2D eigenvalue weighted by Gasteiger charge is -2.20. The Labute approximate surface area is 131 Å². The first-order chi connectivity index (χ1) is 10.6. The quantitative estimate of drug-likeness (QED) is 0.742. The summed E-state index contributed by atoms with van der Waals surface area (Å²) in [5, 5.41) is 13.2. The van der Waals surface area contributed by atoms with Crippen molar-refractivity contribution in [1.29, 1.82) is 0 Å². The van der Waals surface area contributed by atoms with Crippen molar-refractivity contribution in [3.63, 3.8) is 0 Å². The molecular formula is C16H24N2O4. The van der Waals surface area contributed by atoms with Crippen molar-refractivity contribution in [1.82, 2.24) is 10.2 Å². The minimum absolute atomic E-state index is 0.138. The molecule has 2 N–H and O–H groups in total. The second kappa shape index (κ2) is 8.00. The van der Waals surface area contributed by atoms with E-state index in [-0.39, 0.29) is 5.91 Å². The van der Waals surface area contributed by atoms with Gasteiger partial charge in [-0.05, 0) is 24.1 Å². The zero-order valence-corrected chi connectivity index (χ0v) is 13.2. The molecule has 1 aliphatic heterocycles. The lowest BCUT2D eigenvalue weighted by atomic mass is 10.2. The van der Waals surface area contributed by atoms with Crippen LogP contribution in [-0.4, -0.2) is 55.9 Å². The van der Waals surface area contributed by atoms with Crippen LogP contribution in [0.1, 0.15) is 18.4 Å². The maximum absolute atomic E-state index is 11.5. The number of likely N-dealkylation sites (tertiary alicyclic amines) is 1. The number of hydrogen-bond acceptors (Lipinski definition) is 5. The highest BCUT2D eigenvalue weighted by Crippen LogP contribution is 2.27. The van der Waals surface area contributed by atoms with Gasteiger partial charge >= 0.3 is 0 Å². The summed E-state index contributed by atoms with van der Waals surface area (Å²) in [5.41, 5.74) is 1.04. The predicted octanol–water partition coefficient (Wildman–Crippen LogP) is 0.777. The third-order valence-electron chi connectivity index (χ3n) is 3.76. The van der Waals surface area contributed by atoms with Crippen LogP contribution >= 0.6 is 0 Å². The topological polar surface area (TPSA) is 71.0 Å². The van der Waals surface area contributed by atoms with Crippen LogP contribution in [0.3, 0.4) is 0 Å². The fourth-order valence-electron chi connectivity index (χ4n) is 2.59. The van der Waals surface area contributed by atoms with Crippen LogP contribution in [0.2, 0.25) is 0 Å². The van der Waals surface area contributed by atoms with Crippen molar-refractivity contribution in [2.75, 3.05) is 33.9 Å². The first-order valence-electron chi connectivity index (χ1n) is 7.51. The molecule has 1 saturated heterocycles. The molecule has 122 valence electrons.